The number of benzene rings is 2. The zero-order valence-electron chi connectivity index (χ0n) is 31.1. The van der Waals surface area contributed by atoms with E-state index in [0.29, 0.717) is 59.4 Å². The van der Waals surface area contributed by atoms with Gasteiger partial charge in [-0.25, -0.2) is 32.5 Å². The molecular weight excluding hydrogens is 725 g/mol. The third-order valence-corrected chi connectivity index (χ3v) is 12.3. The largest absolute Gasteiger partial charge is 0.475 e. The number of alkyl halides is 2. The Balaban J connectivity index is 1.09. The van der Waals surface area contributed by atoms with Gasteiger partial charge in [-0.3, -0.25) is 4.90 Å². The number of nitrogens with zero attached hydrogens (tertiary/aromatic N) is 7. The molecule has 0 aliphatic carbocycles. The van der Waals surface area contributed by atoms with Crippen LogP contribution in [-0.4, -0.2) is 86.3 Å². The zero-order valence-corrected chi connectivity index (χ0v) is 31.1. The van der Waals surface area contributed by atoms with Crippen LogP contribution < -0.4 is 19.7 Å². The van der Waals surface area contributed by atoms with Crippen molar-refractivity contribution in [2.45, 2.75) is 88.4 Å². The summed E-state index contributed by atoms with van der Waals surface area (Å²) in [7, 11) is 0. The van der Waals surface area contributed by atoms with Crippen LogP contribution in [0.15, 0.2) is 42.7 Å². The summed E-state index contributed by atoms with van der Waals surface area (Å²) < 4.78 is 70.9. The van der Waals surface area contributed by atoms with E-state index < -0.39 is 23.8 Å². The van der Waals surface area contributed by atoms with Gasteiger partial charge in [0, 0.05) is 42.2 Å². The van der Waals surface area contributed by atoms with Crippen molar-refractivity contribution in [1.29, 1.82) is 0 Å². The number of hydrogen-bond donors (Lipinski definition) is 1. The van der Waals surface area contributed by atoms with Gasteiger partial charge in [-0.15, -0.1) is 6.42 Å². The Hall–Kier alpha value is -5.13. The van der Waals surface area contributed by atoms with Crippen LogP contribution in [0, 0.1) is 24.0 Å². The third-order valence-electron chi connectivity index (χ3n) is 12.3. The van der Waals surface area contributed by atoms with Gasteiger partial charge in [0.05, 0.1) is 34.6 Å². The number of fused-ring (bicyclic) bond motifs is 4. The van der Waals surface area contributed by atoms with E-state index in [1.807, 2.05) is 6.07 Å². The lowest BCUT2D eigenvalue weighted by molar-refractivity contribution is 0.0677. The van der Waals surface area contributed by atoms with Crippen molar-refractivity contribution in [1.82, 2.24) is 35.1 Å². The molecule has 290 valence electrons. The molecule has 0 spiro atoms. The van der Waals surface area contributed by atoms with E-state index in [-0.39, 0.29) is 52.3 Å². The zero-order chi connectivity index (χ0) is 38.6. The number of ether oxygens (including phenoxy) is 2. The van der Waals surface area contributed by atoms with E-state index in [0.717, 1.165) is 64.2 Å². The molecule has 0 radical (unpaired) electrons. The summed E-state index contributed by atoms with van der Waals surface area (Å²) in [6, 6.07) is 8.84. The van der Waals surface area contributed by atoms with E-state index >= 15 is 8.78 Å². The number of hydrogen-bond acceptors (Lipinski definition) is 10. The van der Waals surface area contributed by atoms with Gasteiger partial charge in [0.25, 0.3) is 6.43 Å². The van der Waals surface area contributed by atoms with Crippen LogP contribution >= 0.6 is 0 Å². The smallest absolute Gasteiger partial charge is 0.319 e. The van der Waals surface area contributed by atoms with E-state index in [9.17, 15) is 8.78 Å². The number of nitrogens with one attached hydrogen (secondary N) is 1. The number of rotatable bonds is 9. The minimum atomic E-state index is -2.70. The molecule has 4 aliphatic rings. The highest BCUT2D eigenvalue weighted by molar-refractivity contribution is 6.02. The van der Waals surface area contributed by atoms with Crippen molar-refractivity contribution < 1.29 is 27.0 Å². The Morgan fingerprint density at radius 2 is 1.89 bits per heavy atom. The summed E-state index contributed by atoms with van der Waals surface area (Å²) >= 11 is 0. The van der Waals surface area contributed by atoms with Gasteiger partial charge in [0.15, 0.2) is 5.82 Å². The highest BCUT2D eigenvalue weighted by Gasteiger charge is 2.50. The van der Waals surface area contributed by atoms with Crippen molar-refractivity contribution in [3.05, 3.63) is 71.3 Å². The Labute approximate surface area is 322 Å². The highest BCUT2D eigenvalue weighted by Crippen LogP contribution is 2.44. The van der Waals surface area contributed by atoms with Crippen LogP contribution in [0.1, 0.15) is 75.2 Å². The van der Waals surface area contributed by atoms with Gasteiger partial charge in [0.2, 0.25) is 5.88 Å². The molecule has 4 aliphatic heterocycles. The lowest BCUT2D eigenvalue weighted by atomic mass is 9.91. The predicted octanol–water partition coefficient (Wildman–Crippen LogP) is 7.18. The molecule has 56 heavy (non-hydrogen) atoms. The predicted molar refractivity (Wildman–Crippen MR) is 204 cm³/mol. The molecule has 0 saturated carbocycles. The minimum absolute atomic E-state index is 0.0574. The summed E-state index contributed by atoms with van der Waals surface area (Å²) in [5.74, 6) is 2.10. The molecule has 2 aromatic carbocycles. The van der Waals surface area contributed by atoms with Crippen LogP contribution in [0.3, 0.4) is 0 Å². The maximum Gasteiger partial charge on any atom is 0.319 e. The van der Waals surface area contributed by atoms with Gasteiger partial charge in [0.1, 0.15) is 41.8 Å². The van der Waals surface area contributed by atoms with Crippen LogP contribution in [-0.2, 0) is 6.42 Å². The van der Waals surface area contributed by atoms with E-state index in [1.54, 1.807) is 18.2 Å². The van der Waals surface area contributed by atoms with Crippen LogP contribution in [0.4, 0.5) is 23.4 Å². The first-order valence-corrected chi connectivity index (χ1v) is 19.5. The molecule has 3 saturated heterocycles. The third kappa shape index (κ3) is 6.25. The second-order valence-corrected chi connectivity index (χ2v) is 15.3. The molecular formula is C42H42F4N8O2. The molecule has 7 heterocycles. The Bertz CT molecular complexity index is 2340. The molecule has 14 heteroatoms. The molecule has 9 rings (SSSR count). The monoisotopic (exact) mass is 766 g/mol. The summed E-state index contributed by atoms with van der Waals surface area (Å²) in [6.45, 7) is 5.06. The number of pyridine rings is 1. The van der Waals surface area contributed by atoms with Crippen molar-refractivity contribution in [3.8, 4) is 35.5 Å². The lowest BCUT2D eigenvalue weighted by Crippen LogP contribution is -2.58. The van der Waals surface area contributed by atoms with Crippen LogP contribution in [0.25, 0.3) is 32.9 Å². The fourth-order valence-corrected chi connectivity index (χ4v) is 9.62. The van der Waals surface area contributed by atoms with Crippen molar-refractivity contribution in [2.24, 2.45) is 0 Å². The number of aromatic nitrogens is 5. The van der Waals surface area contributed by atoms with E-state index in [1.165, 1.54) is 12.3 Å². The number of piperazine rings is 1. The van der Waals surface area contributed by atoms with E-state index in [4.69, 9.17) is 30.8 Å². The summed E-state index contributed by atoms with van der Waals surface area (Å²) in [5, 5.41) is 5.36. The SMILES string of the molecule is C#Cc1c(F)ccc2cccc(-c3nc4c5c(nc(OC[C@@]67CCCN6[C@H](COc6cnc(C(F)F)cn6)CC7)nc5c3F)N3CCN[C@@H](CC)[C@H]3CCC4)c12. The number of halogens is 4. The van der Waals surface area contributed by atoms with Crippen molar-refractivity contribution >= 4 is 27.5 Å². The average molecular weight is 767 g/mol. The summed E-state index contributed by atoms with van der Waals surface area (Å²) in [6.07, 6.45) is 12.2. The molecule has 5 aromatic rings. The summed E-state index contributed by atoms with van der Waals surface area (Å²) in [5.41, 5.74) is 0.622. The minimum Gasteiger partial charge on any atom is -0.475 e. The molecule has 1 N–H and O–H groups in total. The first-order chi connectivity index (χ1) is 27.3. The van der Waals surface area contributed by atoms with Gasteiger partial charge in [-0.05, 0) is 69.4 Å². The van der Waals surface area contributed by atoms with Crippen molar-refractivity contribution in [3.63, 3.8) is 0 Å². The Morgan fingerprint density at radius 3 is 2.70 bits per heavy atom. The quantitative estimate of drug-likeness (QED) is 0.123. The van der Waals surface area contributed by atoms with Gasteiger partial charge >= 0.3 is 6.01 Å². The second kappa shape index (κ2) is 14.7. The number of anilines is 1. The molecule has 3 fully saturated rings. The first kappa shape index (κ1) is 36.5. The standard InChI is InChI=1S/C42H42F4N8O2/c1-3-26-28(43)13-12-24-8-5-9-27(34(24)26)37-36(44)38-35-30(50-37)10-6-11-32-29(4-2)47-17-19-53(32)40(35)52-41(51-38)56-23-42-15-7-18-54(42)25(14-16-42)22-55-33-21-48-31(20-49-33)39(45)46/h1,5,8-9,12-13,20-21,25,29,32,39,47H,4,6-7,10-11,14-19,22-23H2,2H3/t25-,29-,32+,42-/m0/s1. The van der Waals surface area contributed by atoms with Gasteiger partial charge < -0.3 is 19.7 Å². The van der Waals surface area contributed by atoms with E-state index in [2.05, 4.69) is 37.9 Å². The fourth-order valence-electron chi connectivity index (χ4n) is 9.62. The Morgan fingerprint density at radius 1 is 1.00 bits per heavy atom. The Kier molecular flexibility index (Phi) is 9.61. The molecule has 4 atom stereocenters. The fraction of sp³-hybridized carbons (Fsp3) is 0.452. The van der Waals surface area contributed by atoms with Gasteiger partial charge in [-0.1, -0.05) is 37.1 Å². The maximum absolute atomic E-state index is 17.4. The van der Waals surface area contributed by atoms with Crippen LogP contribution in [0.5, 0.6) is 11.9 Å². The molecule has 0 bridgehead atoms. The molecule has 0 unspecified atom stereocenters. The number of terminal acetylenes is 1. The summed E-state index contributed by atoms with van der Waals surface area (Å²) in [4.78, 5) is 27.3. The van der Waals surface area contributed by atoms with Gasteiger partial charge in [-0.2, -0.15) is 9.97 Å². The number of aryl methyl sites for hydroxylation is 1. The molecule has 3 aromatic heterocycles. The average Bonchev–Trinajstić information content (AvgIpc) is 3.78. The molecule has 10 nitrogen and oxygen atoms in total. The molecule has 0 amide bonds. The van der Waals surface area contributed by atoms with Crippen LogP contribution in [0.2, 0.25) is 0 Å². The highest BCUT2D eigenvalue weighted by atomic mass is 19.3. The maximum atomic E-state index is 17.4. The lowest BCUT2D eigenvalue weighted by Gasteiger charge is -2.44. The first-order valence-electron chi connectivity index (χ1n) is 19.5. The second-order valence-electron chi connectivity index (χ2n) is 15.3. The van der Waals surface area contributed by atoms with Crippen molar-refractivity contribution in [2.75, 3.05) is 37.7 Å². The topological polar surface area (TPSA) is 101 Å². The normalized spacial score (nSPS) is 23.5.